The topological polar surface area (TPSA) is 78.9 Å². The third kappa shape index (κ3) is 3.95. The van der Waals surface area contributed by atoms with E-state index in [9.17, 15) is 14.4 Å². The van der Waals surface area contributed by atoms with Crippen molar-refractivity contribution < 1.29 is 28.6 Å². The molecule has 0 saturated heterocycles. The van der Waals surface area contributed by atoms with E-state index in [2.05, 4.69) is 13.8 Å². The molecule has 6 nitrogen and oxygen atoms in total. The summed E-state index contributed by atoms with van der Waals surface area (Å²) in [7, 11) is 2.85. The lowest BCUT2D eigenvalue weighted by Gasteiger charge is -2.25. The number of rotatable bonds is 7. The second kappa shape index (κ2) is 8.17. The number of ether oxygens (including phenoxy) is 3. The molecule has 1 unspecified atom stereocenters. The van der Waals surface area contributed by atoms with Crippen LogP contribution in [-0.4, -0.2) is 31.8 Å². The second-order valence-electron chi connectivity index (χ2n) is 6.58. The van der Waals surface area contributed by atoms with Crippen molar-refractivity contribution in [3.63, 3.8) is 0 Å². The minimum atomic E-state index is -0.599. The molecule has 2 rings (SSSR count). The maximum absolute atomic E-state index is 12.5. The van der Waals surface area contributed by atoms with Crippen LogP contribution in [0.3, 0.4) is 0 Å². The normalized spacial score (nSPS) is 14.2. The Hall–Kier alpha value is -2.63. The molecule has 1 aliphatic carbocycles. The summed E-state index contributed by atoms with van der Waals surface area (Å²) in [6.45, 7) is 5.48. The van der Waals surface area contributed by atoms with Gasteiger partial charge in [0.05, 0.1) is 25.3 Å². The Morgan fingerprint density at radius 2 is 1.62 bits per heavy atom. The zero-order valence-electron chi connectivity index (χ0n) is 15.8. The molecule has 1 aromatic carbocycles. The number of benzene rings is 1. The quantitative estimate of drug-likeness (QED) is 0.690. The van der Waals surface area contributed by atoms with Gasteiger partial charge in [-0.05, 0) is 37.0 Å². The molecular formula is C20H24O6. The van der Waals surface area contributed by atoms with Gasteiger partial charge >= 0.3 is 5.97 Å². The van der Waals surface area contributed by atoms with E-state index in [-0.39, 0.29) is 34.2 Å². The van der Waals surface area contributed by atoms with Gasteiger partial charge in [0.15, 0.2) is 11.6 Å². The van der Waals surface area contributed by atoms with Crippen molar-refractivity contribution in [1.82, 2.24) is 0 Å². The molecule has 0 bridgehead atoms. The number of hydrogen-bond acceptors (Lipinski definition) is 6. The molecular weight excluding hydrogens is 336 g/mol. The molecule has 0 N–H and O–H groups in total. The zero-order chi connectivity index (χ0) is 19.4. The van der Waals surface area contributed by atoms with Gasteiger partial charge in [-0.1, -0.05) is 13.8 Å². The predicted octanol–water partition coefficient (Wildman–Crippen LogP) is 3.68. The summed E-state index contributed by atoms with van der Waals surface area (Å²) in [4.78, 5) is 36.4. The van der Waals surface area contributed by atoms with Crippen LogP contribution >= 0.6 is 0 Å². The lowest BCUT2D eigenvalue weighted by atomic mass is 9.88. The molecule has 0 aromatic heterocycles. The van der Waals surface area contributed by atoms with E-state index in [1.54, 1.807) is 6.07 Å². The average molecular weight is 360 g/mol. The number of ketones is 2. The van der Waals surface area contributed by atoms with Gasteiger partial charge < -0.3 is 14.2 Å². The number of fused-ring (bicyclic) bond motifs is 1. The number of esters is 1. The molecule has 1 aromatic rings. The van der Waals surface area contributed by atoms with Gasteiger partial charge in [0, 0.05) is 12.5 Å². The SMILES string of the molecule is COc1cc(C(CCC(C)C)OC(C)=O)c(OC)c2c1C(=O)C=CC2=O. The van der Waals surface area contributed by atoms with Crippen molar-refractivity contribution in [3.05, 3.63) is 34.9 Å². The van der Waals surface area contributed by atoms with Crippen molar-refractivity contribution in [2.75, 3.05) is 14.2 Å². The van der Waals surface area contributed by atoms with E-state index in [0.717, 1.165) is 6.42 Å². The Bertz CT molecular complexity index is 760. The van der Waals surface area contributed by atoms with Crippen molar-refractivity contribution >= 4 is 17.5 Å². The molecule has 140 valence electrons. The fraction of sp³-hybridized carbons (Fsp3) is 0.450. The Kier molecular flexibility index (Phi) is 6.18. The Morgan fingerprint density at radius 3 is 2.12 bits per heavy atom. The molecule has 0 spiro atoms. The zero-order valence-corrected chi connectivity index (χ0v) is 15.8. The van der Waals surface area contributed by atoms with Crippen LogP contribution in [0.5, 0.6) is 11.5 Å². The summed E-state index contributed by atoms with van der Waals surface area (Å²) >= 11 is 0. The summed E-state index contributed by atoms with van der Waals surface area (Å²) in [5, 5.41) is 0. The smallest absolute Gasteiger partial charge is 0.303 e. The third-order valence-electron chi connectivity index (χ3n) is 4.24. The lowest BCUT2D eigenvalue weighted by Crippen LogP contribution is -2.18. The monoisotopic (exact) mass is 360 g/mol. The molecule has 0 radical (unpaired) electrons. The number of methoxy groups -OCH3 is 2. The lowest BCUT2D eigenvalue weighted by molar-refractivity contribution is -0.147. The molecule has 0 saturated carbocycles. The minimum absolute atomic E-state index is 0.149. The van der Waals surface area contributed by atoms with E-state index < -0.39 is 12.1 Å². The average Bonchev–Trinajstić information content (AvgIpc) is 2.59. The third-order valence-corrected chi connectivity index (χ3v) is 4.24. The van der Waals surface area contributed by atoms with Gasteiger partial charge in [-0.3, -0.25) is 14.4 Å². The number of carbonyl (C=O) groups excluding carboxylic acids is 3. The van der Waals surface area contributed by atoms with Crippen LogP contribution in [0, 0.1) is 5.92 Å². The summed E-state index contributed by atoms with van der Waals surface area (Å²) < 4.78 is 16.3. The highest BCUT2D eigenvalue weighted by atomic mass is 16.5. The Balaban J connectivity index is 2.66. The first kappa shape index (κ1) is 19.7. The van der Waals surface area contributed by atoms with Gasteiger partial charge in [-0.25, -0.2) is 0 Å². The standard InChI is InChI=1S/C20H24O6/c1-11(2)6-9-16(26-12(3)21)13-10-17(24-4)18-14(22)7-8-15(23)19(18)20(13)25-5/h7-8,10-11,16H,6,9H2,1-5H3. The van der Waals surface area contributed by atoms with Crippen molar-refractivity contribution in [2.45, 2.75) is 39.7 Å². The van der Waals surface area contributed by atoms with Crippen LogP contribution in [0.4, 0.5) is 0 Å². The maximum atomic E-state index is 12.5. The van der Waals surface area contributed by atoms with E-state index in [4.69, 9.17) is 14.2 Å². The minimum Gasteiger partial charge on any atom is -0.496 e. The maximum Gasteiger partial charge on any atom is 0.303 e. The Labute approximate surface area is 153 Å². The fourth-order valence-corrected chi connectivity index (χ4v) is 3.04. The molecule has 0 aliphatic heterocycles. The largest absolute Gasteiger partial charge is 0.496 e. The molecule has 26 heavy (non-hydrogen) atoms. The summed E-state index contributed by atoms with van der Waals surface area (Å²) in [6.07, 6.45) is 3.21. The van der Waals surface area contributed by atoms with Gasteiger partial charge in [0.25, 0.3) is 0 Å². The number of allylic oxidation sites excluding steroid dienone is 2. The van der Waals surface area contributed by atoms with Crippen LogP contribution < -0.4 is 9.47 Å². The van der Waals surface area contributed by atoms with Crippen molar-refractivity contribution in [2.24, 2.45) is 5.92 Å². The van der Waals surface area contributed by atoms with E-state index in [1.807, 2.05) is 0 Å². The molecule has 1 aliphatic rings. The molecule has 0 fully saturated rings. The summed E-state index contributed by atoms with van der Waals surface area (Å²) in [5.41, 5.74) is 0.845. The highest BCUT2D eigenvalue weighted by molar-refractivity contribution is 6.24. The first-order chi connectivity index (χ1) is 12.3. The van der Waals surface area contributed by atoms with Crippen LogP contribution in [0.2, 0.25) is 0 Å². The number of carbonyl (C=O) groups is 3. The predicted molar refractivity (Wildman–Crippen MR) is 95.9 cm³/mol. The molecule has 0 amide bonds. The van der Waals surface area contributed by atoms with Crippen molar-refractivity contribution in [3.8, 4) is 11.5 Å². The molecule has 6 heteroatoms. The van der Waals surface area contributed by atoms with Crippen LogP contribution in [0.25, 0.3) is 0 Å². The number of hydrogen-bond donors (Lipinski definition) is 0. The van der Waals surface area contributed by atoms with Crippen LogP contribution in [0.15, 0.2) is 18.2 Å². The molecule has 0 heterocycles. The summed E-state index contributed by atoms with van der Waals surface area (Å²) in [5.74, 6) is -0.183. The fourth-order valence-electron chi connectivity index (χ4n) is 3.04. The highest BCUT2D eigenvalue weighted by Crippen LogP contribution is 2.42. The van der Waals surface area contributed by atoms with Gasteiger partial charge in [0.2, 0.25) is 0 Å². The first-order valence-electron chi connectivity index (χ1n) is 8.52. The van der Waals surface area contributed by atoms with E-state index in [1.165, 1.54) is 33.3 Å². The van der Waals surface area contributed by atoms with E-state index in [0.29, 0.717) is 17.9 Å². The van der Waals surface area contributed by atoms with Crippen LogP contribution in [0.1, 0.15) is 66.0 Å². The second-order valence-corrected chi connectivity index (χ2v) is 6.58. The highest BCUT2D eigenvalue weighted by Gasteiger charge is 2.32. The van der Waals surface area contributed by atoms with E-state index >= 15 is 0 Å². The van der Waals surface area contributed by atoms with Gasteiger partial charge in [-0.15, -0.1) is 0 Å². The van der Waals surface area contributed by atoms with Gasteiger partial charge in [0.1, 0.15) is 17.6 Å². The van der Waals surface area contributed by atoms with Crippen molar-refractivity contribution in [1.29, 1.82) is 0 Å². The Morgan fingerprint density at radius 1 is 1.00 bits per heavy atom. The molecule has 1 atom stereocenters. The van der Waals surface area contributed by atoms with Gasteiger partial charge in [-0.2, -0.15) is 0 Å². The van der Waals surface area contributed by atoms with Crippen LogP contribution in [-0.2, 0) is 9.53 Å². The first-order valence-corrected chi connectivity index (χ1v) is 8.52. The summed E-state index contributed by atoms with van der Waals surface area (Å²) in [6, 6.07) is 1.62.